The van der Waals surface area contributed by atoms with E-state index < -0.39 is 29.1 Å². The Morgan fingerprint density at radius 2 is 1.53 bits per heavy atom. The molecule has 2 rings (SSSR count). The second kappa shape index (κ2) is 9.64. The molecule has 30 heavy (non-hydrogen) atoms. The van der Waals surface area contributed by atoms with Gasteiger partial charge >= 0.3 is 5.97 Å². The fourth-order valence-electron chi connectivity index (χ4n) is 3.05. The predicted octanol–water partition coefficient (Wildman–Crippen LogP) is 2.27. The van der Waals surface area contributed by atoms with Crippen molar-refractivity contribution in [3.05, 3.63) is 58.7 Å². The Labute approximate surface area is 175 Å². The van der Waals surface area contributed by atoms with Gasteiger partial charge in [-0.1, -0.05) is 17.7 Å². The normalized spacial score (nSPS) is 11.1. The molecule has 1 amide bonds. The molecular formula is C21H24N2O6S. The van der Waals surface area contributed by atoms with Crippen molar-refractivity contribution in [2.24, 2.45) is 0 Å². The van der Waals surface area contributed by atoms with E-state index in [1.54, 1.807) is 13.8 Å². The summed E-state index contributed by atoms with van der Waals surface area (Å²) in [6.07, 6.45) is 0. The molecule has 0 aliphatic heterocycles. The number of benzene rings is 2. The lowest BCUT2D eigenvalue weighted by atomic mass is 9.97. The van der Waals surface area contributed by atoms with Crippen molar-refractivity contribution >= 4 is 33.4 Å². The van der Waals surface area contributed by atoms with Gasteiger partial charge in [-0.05, 0) is 56.2 Å². The first kappa shape index (κ1) is 23.2. The van der Waals surface area contributed by atoms with Crippen molar-refractivity contribution in [2.45, 2.75) is 32.6 Å². The lowest BCUT2D eigenvalue weighted by Gasteiger charge is -2.11. The number of hydrogen-bond acceptors (Lipinski definition) is 6. The number of rotatable bonds is 8. The highest BCUT2D eigenvalue weighted by molar-refractivity contribution is 7.89. The summed E-state index contributed by atoms with van der Waals surface area (Å²) in [4.78, 5) is 35.2. The molecule has 0 fully saturated rings. The number of ketones is 1. The van der Waals surface area contributed by atoms with Crippen LogP contribution >= 0.6 is 0 Å². The number of esters is 1. The highest BCUT2D eigenvalue weighted by atomic mass is 32.2. The molecule has 9 heteroatoms. The third-order valence-corrected chi connectivity index (χ3v) is 5.63. The van der Waals surface area contributed by atoms with Crippen molar-refractivity contribution in [3.63, 3.8) is 0 Å². The molecule has 0 heterocycles. The van der Waals surface area contributed by atoms with E-state index in [0.29, 0.717) is 11.3 Å². The highest BCUT2D eigenvalue weighted by Crippen LogP contribution is 2.17. The summed E-state index contributed by atoms with van der Waals surface area (Å²) in [6, 6.07) is 9.19. The van der Waals surface area contributed by atoms with Crippen LogP contribution in [0.2, 0.25) is 0 Å². The topological polar surface area (TPSA) is 119 Å². The van der Waals surface area contributed by atoms with E-state index in [2.05, 4.69) is 10.0 Å². The SMILES string of the molecule is CC(=O)Nc1ccc(S(=O)(=O)NCC(=O)OCC(=O)c2c(C)cc(C)cc2C)cc1. The molecule has 0 spiro atoms. The number of carbonyl (C=O) groups excluding carboxylic acids is 3. The van der Waals surface area contributed by atoms with Gasteiger partial charge in [0.25, 0.3) is 0 Å². The third-order valence-electron chi connectivity index (χ3n) is 4.21. The standard InChI is InChI=1S/C21H24N2O6S/c1-13-9-14(2)21(15(3)10-13)19(25)12-29-20(26)11-22-30(27,28)18-7-5-17(6-8-18)23-16(4)24/h5-10,22H,11-12H2,1-4H3,(H,23,24). The van der Waals surface area contributed by atoms with Gasteiger partial charge in [-0.15, -0.1) is 0 Å². The van der Waals surface area contributed by atoms with Crippen LogP contribution in [-0.2, 0) is 24.3 Å². The third kappa shape index (κ3) is 6.23. The predicted molar refractivity (Wildman–Crippen MR) is 112 cm³/mol. The average molecular weight is 432 g/mol. The smallest absolute Gasteiger partial charge is 0.321 e. The summed E-state index contributed by atoms with van der Waals surface area (Å²) in [5.41, 5.74) is 3.54. The summed E-state index contributed by atoms with van der Waals surface area (Å²) in [5.74, 6) is -1.50. The number of ether oxygens (including phenoxy) is 1. The average Bonchev–Trinajstić information content (AvgIpc) is 2.64. The number of hydrogen-bond donors (Lipinski definition) is 2. The molecule has 0 radical (unpaired) electrons. The number of Topliss-reactive ketones (excluding diaryl/α,β-unsaturated/α-hetero) is 1. The maximum Gasteiger partial charge on any atom is 0.321 e. The zero-order valence-corrected chi connectivity index (χ0v) is 18.1. The van der Waals surface area contributed by atoms with E-state index in [0.717, 1.165) is 16.7 Å². The van der Waals surface area contributed by atoms with Gasteiger partial charge in [-0.2, -0.15) is 4.72 Å². The van der Waals surface area contributed by atoms with Gasteiger partial charge in [-0.25, -0.2) is 8.42 Å². The molecule has 2 aromatic carbocycles. The Morgan fingerprint density at radius 3 is 2.07 bits per heavy atom. The van der Waals surface area contributed by atoms with E-state index in [4.69, 9.17) is 4.74 Å². The molecule has 2 aromatic rings. The molecular weight excluding hydrogens is 408 g/mol. The number of anilines is 1. The Hall–Kier alpha value is -3.04. The van der Waals surface area contributed by atoms with Crippen LogP contribution < -0.4 is 10.0 Å². The largest absolute Gasteiger partial charge is 0.456 e. The number of sulfonamides is 1. The Balaban J connectivity index is 1.92. The summed E-state index contributed by atoms with van der Waals surface area (Å²) in [6.45, 7) is 5.78. The highest BCUT2D eigenvalue weighted by Gasteiger charge is 2.18. The first-order chi connectivity index (χ1) is 14.0. The first-order valence-corrected chi connectivity index (χ1v) is 10.6. The van der Waals surface area contributed by atoms with Crippen LogP contribution in [0.15, 0.2) is 41.3 Å². The summed E-state index contributed by atoms with van der Waals surface area (Å²) < 4.78 is 31.6. The molecule has 160 valence electrons. The Bertz CT molecular complexity index is 1050. The number of amides is 1. The summed E-state index contributed by atoms with van der Waals surface area (Å²) in [7, 11) is -3.96. The second-order valence-corrected chi connectivity index (χ2v) is 8.65. The van der Waals surface area contributed by atoms with Crippen LogP contribution in [0.4, 0.5) is 5.69 Å². The van der Waals surface area contributed by atoms with E-state index in [-0.39, 0.29) is 16.6 Å². The lowest BCUT2D eigenvalue weighted by molar-refractivity contribution is -0.141. The molecule has 0 saturated heterocycles. The molecule has 0 aromatic heterocycles. The van der Waals surface area contributed by atoms with Crippen molar-refractivity contribution in [3.8, 4) is 0 Å². The summed E-state index contributed by atoms with van der Waals surface area (Å²) in [5, 5.41) is 2.53. The van der Waals surface area contributed by atoms with Gasteiger partial charge in [0.2, 0.25) is 21.7 Å². The van der Waals surface area contributed by atoms with Crippen molar-refractivity contribution in [1.82, 2.24) is 4.72 Å². The van der Waals surface area contributed by atoms with E-state index in [1.165, 1.54) is 31.2 Å². The minimum atomic E-state index is -3.96. The number of aryl methyl sites for hydroxylation is 3. The molecule has 0 aliphatic carbocycles. The van der Waals surface area contributed by atoms with Crippen LogP contribution in [0.3, 0.4) is 0 Å². The van der Waals surface area contributed by atoms with Gasteiger partial charge in [0, 0.05) is 18.2 Å². The zero-order chi connectivity index (χ0) is 22.5. The fraction of sp³-hybridized carbons (Fsp3) is 0.286. The fourth-order valence-corrected chi connectivity index (χ4v) is 4.02. The number of carbonyl (C=O) groups is 3. The molecule has 0 atom stereocenters. The minimum Gasteiger partial charge on any atom is -0.456 e. The number of nitrogens with one attached hydrogen (secondary N) is 2. The maximum atomic E-state index is 12.4. The van der Waals surface area contributed by atoms with Crippen molar-refractivity contribution < 1.29 is 27.5 Å². The minimum absolute atomic E-state index is 0.0774. The van der Waals surface area contributed by atoms with Crippen LogP contribution in [-0.4, -0.2) is 39.2 Å². The van der Waals surface area contributed by atoms with Gasteiger partial charge in [0.1, 0.15) is 6.54 Å². The molecule has 0 unspecified atom stereocenters. The van der Waals surface area contributed by atoms with Crippen LogP contribution in [0.1, 0.15) is 34.0 Å². The van der Waals surface area contributed by atoms with Gasteiger partial charge in [0.05, 0.1) is 4.90 Å². The van der Waals surface area contributed by atoms with Gasteiger partial charge in [-0.3, -0.25) is 14.4 Å². The molecule has 2 N–H and O–H groups in total. The molecule has 0 saturated carbocycles. The Kier molecular flexibility index (Phi) is 7.47. The van der Waals surface area contributed by atoms with E-state index in [9.17, 15) is 22.8 Å². The van der Waals surface area contributed by atoms with Gasteiger partial charge in [0.15, 0.2) is 6.61 Å². The Morgan fingerprint density at radius 1 is 0.967 bits per heavy atom. The van der Waals surface area contributed by atoms with Crippen LogP contribution in [0, 0.1) is 20.8 Å². The molecule has 8 nitrogen and oxygen atoms in total. The maximum absolute atomic E-state index is 12.4. The quantitative estimate of drug-likeness (QED) is 0.488. The van der Waals surface area contributed by atoms with E-state index >= 15 is 0 Å². The first-order valence-electron chi connectivity index (χ1n) is 9.13. The van der Waals surface area contributed by atoms with E-state index in [1.807, 2.05) is 19.1 Å². The molecule has 0 bridgehead atoms. The molecule has 0 aliphatic rings. The van der Waals surface area contributed by atoms with Gasteiger partial charge < -0.3 is 10.1 Å². The van der Waals surface area contributed by atoms with Crippen molar-refractivity contribution in [1.29, 1.82) is 0 Å². The zero-order valence-electron chi connectivity index (χ0n) is 17.2. The summed E-state index contributed by atoms with van der Waals surface area (Å²) >= 11 is 0. The second-order valence-electron chi connectivity index (χ2n) is 6.89. The van der Waals surface area contributed by atoms with Crippen LogP contribution in [0.25, 0.3) is 0 Å². The lowest BCUT2D eigenvalue weighted by Crippen LogP contribution is -2.31. The monoisotopic (exact) mass is 432 g/mol. The van der Waals surface area contributed by atoms with Crippen LogP contribution in [0.5, 0.6) is 0 Å². The van der Waals surface area contributed by atoms with Crippen molar-refractivity contribution in [2.75, 3.05) is 18.5 Å².